The lowest BCUT2D eigenvalue weighted by Crippen LogP contribution is -2.47. The van der Waals surface area contributed by atoms with Crippen molar-refractivity contribution in [3.63, 3.8) is 0 Å². The number of fused-ring (bicyclic) bond motifs is 1. The number of nitrogens with one attached hydrogen (secondary N) is 2. The van der Waals surface area contributed by atoms with Gasteiger partial charge in [0.1, 0.15) is 6.04 Å². The molecule has 0 unspecified atom stereocenters. The predicted octanol–water partition coefficient (Wildman–Crippen LogP) is 3.33. The summed E-state index contributed by atoms with van der Waals surface area (Å²) in [4.78, 5) is 30.8. The molecule has 2 aromatic carbocycles. The number of carbonyl (C=O) groups excluding carboxylic acids is 2. The minimum atomic E-state index is -3.75. The van der Waals surface area contributed by atoms with Crippen LogP contribution in [0.4, 0.5) is 5.13 Å². The highest BCUT2D eigenvalue weighted by molar-refractivity contribution is 7.89. The van der Waals surface area contributed by atoms with E-state index in [-0.39, 0.29) is 35.4 Å². The molecular weight excluding hydrogens is 500 g/mol. The van der Waals surface area contributed by atoms with Crippen molar-refractivity contribution in [1.82, 2.24) is 14.6 Å². The molecular formula is C25H30N4O5S2. The van der Waals surface area contributed by atoms with Crippen molar-refractivity contribution in [2.75, 3.05) is 31.6 Å². The first kappa shape index (κ1) is 26.2. The van der Waals surface area contributed by atoms with Gasteiger partial charge in [-0.3, -0.25) is 9.59 Å². The van der Waals surface area contributed by atoms with Gasteiger partial charge in [-0.05, 0) is 55.2 Å². The van der Waals surface area contributed by atoms with E-state index in [1.54, 1.807) is 0 Å². The number of aromatic nitrogens is 1. The molecule has 9 nitrogen and oxygen atoms in total. The molecule has 1 atom stereocenters. The lowest BCUT2D eigenvalue weighted by atomic mass is 10.0. The maximum absolute atomic E-state index is 13.1. The summed E-state index contributed by atoms with van der Waals surface area (Å²) in [7, 11) is -3.75. The molecule has 1 saturated heterocycles. The number of hydrogen-bond acceptors (Lipinski definition) is 7. The molecule has 36 heavy (non-hydrogen) atoms. The van der Waals surface area contributed by atoms with E-state index < -0.39 is 22.0 Å². The second-order valence-electron chi connectivity index (χ2n) is 9.18. The normalized spacial score (nSPS) is 15.7. The van der Waals surface area contributed by atoms with Crippen molar-refractivity contribution < 1.29 is 22.7 Å². The van der Waals surface area contributed by atoms with Crippen LogP contribution in [-0.4, -0.2) is 61.9 Å². The largest absolute Gasteiger partial charge is 0.379 e. The zero-order chi connectivity index (χ0) is 26.0. The van der Waals surface area contributed by atoms with Crippen molar-refractivity contribution in [3.05, 3.63) is 53.1 Å². The number of carbonyl (C=O) groups is 2. The number of amides is 2. The van der Waals surface area contributed by atoms with Gasteiger partial charge in [-0.15, -0.1) is 0 Å². The highest BCUT2D eigenvalue weighted by Crippen LogP contribution is 2.29. The number of sulfonamides is 1. The number of benzene rings is 2. The molecule has 1 aliphatic rings. The van der Waals surface area contributed by atoms with Gasteiger partial charge < -0.3 is 15.4 Å². The molecule has 192 valence electrons. The number of aryl methyl sites for hydroxylation is 2. The average molecular weight is 531 g/mol. The number of hydrogen-bond donors (Lipinski definition) is 2. The van der Waals surface area contributed by atoms with Gasteiger partial charge in [0.2, 0.25) is 15.9 Å². The Bertz CT molecular complexity index is 1390. The van der Waals surface area contributed by atoms with Crippen LogP contribution in [0.15, 0.2) is 41.3 Å². The second kappa shape index (κ2) is 10.6. The van der Waals surface area contributed by atoms with Crippen molar-refractivity contribution in [2.45, 2.75) is 38.6 Å². The molecule has 0 bridgehead atoms. The Hall–Kier alpha value is -2.86. The highest BCUT2D eigenvalue weighted by Gasteiger charge is 2.29. The van der Waals surface area contributed by atoms with Gasteiger partial charge in [0.05, 0.1) is 28.3 Å². The van der Waals surface area contributed by atoms with E-state index in [9.17, 15) is 18.0 Å². The fourth-order valence-corrected chi connectivity index (χ4v) is 6.60. The molecule has 0 aliphatic carbocycles. The minimum absolute atomic E-state index is 0.0303. The van der Waals surface area contributed by atoms with Gasteiger partial charge >= 0.3 is 0 Å². The van der Waals surface area contributed by atoms with Crippen LogP contribution in [0.25, 0.3) is 10.2 Å². The van der Waals surface area contributed by atoms with E-state index in [4.69, 9.17) is 4.74 Å². The molecule has 0 radical (unpaired) electrons. The van der Waals surface area contributed by atoms with Crippen LogP contribution in [0.1, 0.15) is 35.3 Å². The summed E-state index contributed by atoms with van der Waals surface area (Å²) in [5.41, 5.74) is 3.15. The summed E-state index contributed by atoms with van der Waals surface area (Å²) in [6.07, 6.45) is 0. The van der Waals surface area contributed by atoms with E-state index >= 15 is 0 Å². The Balaban J connectivity index is 1.50. The zero-order valence-electron chi connectivity index (χ0n) is 20.7. The van der Waals surface area contributed by atoms with Gasteiger partial charge in [0.25, 0.3) is 5.91 Å². The maximum atomic E-state index is 13.1. The van der Waals surface area contributed by atoms with Crippen molar-refractivity contribution >= 4 is 48.5 Å². The number of nitrogens with zero attached hydrogens (tertiary/aromatic N) is 2. The summed E-state index contributed by atoms with van der Waals surface area (Å²) in [5.74, 6) is -1.13. The van der Waals surface area contributed by atoms with Gasteiger partial charge in [-0.2, -0.15) is 4.31 Å². The number of ether oxygens (including phenoxy) is 1. The summed E-state index contributed by atoms with van der Waals surface area (Å²) >= 11 is 1.38. The van der Waals surface area contributed by atoms with Crippen LogP contribution in [0, 0.1) is 19.8 Å². The number of anilines is 1. The standard InChI is InChI=1S/C25H30N4O5S2/c1-15(2)21(24(31)28-25-27-22-17(4)12-16(3)13-20(22)35-25)26-23(30)18-6-5-7-19(14-18)36(32,33)29-8-10-34-11-9-29/h5-7,12-15,21H,8-11H2,1-4H3,(H,26,30)(H,27,28,31)/t21-/m0/s1. The van der Waals surface area contributed by atoms with Crippen LogP contribution in [0.2, 0.25) is 0 Å². The van der Waals surface area contributed by atoms with Crippen LogP contribution in [0.5, 0.6) is 0 Å². The summed E-state index contributed by atoms with van der Waals surface area (Å²) in [5, 5.41) is 6.06. The molecule has 1 fully saturated rings. The first-order valence-electron chi connectivity index (χ1n) is 11.7. The number of morpholine rings is 1. The van der Waals surface area contributed by atoms with Gasteiger partial charge in [0.15, 0.2) is 5.13 Å². The number of thiazole rings is 1. The smallest absolute Gasteiger partial charge is 0.251 e. The summed E-state index contributed by atoms with van der Waals surface area (Å²) in [6.45, 7) is 8.84. The molecule has 2 N–H and O–H groups in total. The molecule has 0 saturated carbocycles. The molecule has 2 heterocycles. The first-order valence-corrected chi connectivity index (χ1v) is 14.0. The molecule has 1 aromatic heterocycles. The van der Waals surface area contributed by atoms with E-state index in [2.05, 4.69) is 15.6 Å². The van der Waals surface area contributed by atoms with Crippen LogP contribution in [0.3, 0.4) is 0 Å². The molecule has 11 heteroatoms. The Morgan fingerprint density at radius 2 is 1.83 bits per heavy atom. The summed E-state index contributed by atoms with van der Waals surface area (Å²) in [6, 6.07) is 9.08. The van der Waals surface area contributed by atoms with E-state index in [1.165, 1.54) is 39.9 Å². The lowest BCUT2D eigenvalue weighted by molar-refractivity contribution is -0.118. The van der Waals surface area contributed by atoms with Crippen LogP contribution >= 0.6 is 11.3 Å². The van der Waals surface area contributed by atoms with E-state index in [0.717, 1.165) is 21.3 Å². The Labute approximate surface area is 214 Å². The molecule has 4 rings (SSSR count). The third-order valence-electron chi connectivity index (χ3n) is 6.00. The SMILES string of the molecule is Cc1cc(C)c2nc(NC(=O)[C@@H](NC(=O)c3cccc(S(=O)(=O)N4CCOCC4)c3)C(C)C)sc2c1. The Kier molecular flexibility index (Phi) is 7.74. The lowest BCUT2D eigenvalue weighted by Gasteiger charge is -2.26. The third kappa shape index (κ3) is 5.59. The van der Waals surface area contributed by atoms with Gasteiger partial charge in [-0.25, -0.2) is 13.4 Å². The topological polar surface area (TPSA) is 118 Å². The Morgan fingerprint density at radius 1 is 1.11 bits per heavy atom. The van der Waals surface area contributed by atoms with Crippen LogP contribution in [-0.2, 0) is 19.6 Å². The molecule has 3 aromatic rings. The monoisotopic (exact) mass is 530 g/mol. The van der Waals surface area contributed by atoms with E-state index in [1.807, 2.05) is 39.8 Å². The minimum Gasteiger partial charge on any atom is -0.379 e. The zero-order valence-corrected chi connectivity index (χ0v) is 22.3. The third-order valence-corrected chi connectivity index (χ3v) is 8.81. The quantitative estimate of drug-likeness (QED) is 0.484. The number of rotatable bonds is 7. The first-order chi connectivity index (χ1) is 17.1. The molecule has 2 amide bonds. The second-order valence-corrected chi connectivity index (χ2v) is 12.1. The maximum Gasteiger partial charge on any atom is 0.251 e. The molecule has 0 spiro atoms. The van der Waals surface area contributed by atoms with Gasteiger partial charge in [0, 0.05) is 18.7 Å². The highest BCUT2D eigenvalue weighted by atomic mass is 32.2. The van der Waals surface area contributed by atoms with Gasteiger partial charge in [-0.1, -0.05) is 37.3 Å². The Morgan fingerprint density at radius 3 is 2.53 bits per heavy atom. The van der Waals surface area contributed by atoms with Crippen molar-refractivity contribution in [2.24, 2.45) is 5.92 Å². The summed E-state index contributed by atoms with van der Waals surface area (Å²) < 4.78 is 33.5. The fraction of sp³-hybridized carbons (Fsp3) is 0.400. The predicted molar refractivity (Wildman–Crippen MR) is 140 cm³/mol. The van der Waals surface area contributed by atoms with Crippen molar-refractivity contribution in [3.8, 4) is 0 Å². The molecule has 1 aliphatic heterocycles. The van der Waals surface area contributed by atoms with Crippen LogP contribution < -0.4 is 10.6 Å². The fourth-order valence-electron chi connectivity index (χ4n) is 4.10. The van der Waals surface area contributed by atoms with E-state index in [0.29, 0.717) is 18.3 Å². The van der Waals surface area contributed by atoms with Crippen molar-refractivity contribution in [1.29, 1.82) is 0 Å². The average Bonchev–Trinajstić information content (AvgIpc) is 3.25.